The predicted molar refractivity (Wildman–Crippen MR) is 103 cm³/mol. The van der Waals surface area contributed by atoms with Crippen LogP contribution in [0.5, 0.6) is 11.5 Å². The van der Waals surface area contributed by atoms with Crippen LogP contribution in [0.15, 0.2) is 42.5 Å². The molecule has 0 aromatic heterocycles. The minimum Gasteiger partial charge on any atom is -0.486 e. The van der Waals surface area contributed by atoms with Gasteiger partial charge in [-0.15, -0.1) is 0 Å². The molecule has 0 bridgehead atoms. The molecule has 1 unspecified atom stereocenters. The van der Waals surface area contributed by atoms with Crippen LogP contribution in [0.4, 0.5) is 13.2 Å². The molecule has 1 aliphatic heterocycles. The zero-order chi connectivity index (χ0) is 21.0. The smallest absolute Gasteiger partial charge is 0.416 e. The summed E-state index contributed by atoms with van der Waals surface area (Å²) in [6.07, 6.45) is -4.36. The van der Waals surface area contributed by atoms with Crippen molar-refractivity contribution in [3.63, 3.8) is 0 Å². The molecule has 29 heavy (non-hydrogen) atoms. The van der Waals surface area contributed by atoms with Crippen molar-refractivity contribution in [2.45, 2.75) is 12.2 Å². The molecular weight excluding hydrogens is 385 g/mol. The van der Waals surface area contributed by atoms with Crippen molar-refractivity contribution >= 4 is 5.78 Å². The summed E-state index contributed by atoms with van der Waals surface area (Å²) >= 11 is 0. The van der Waals surface area contributed by atoms with Crippen molar-refractivity contribution in [1.82, 2.24) is 10.2 Å². The number of halogens is 3. The largest absolute Gasteiger partial charge is 0.486 e. The Morgan fingerprint density at radius 2 is 1.72 bits per heavy atom. The van der Waals surface area contributed by atoms with Gasteiger partial charge in [0, 0.05) is 18.2 Å². The monoisotopic (exact) mass is 408 g/mol. The maximum atomic E-state index is 12.8. The van der Waals surface area contributed by atoms with Gasteiger partial charge in [-0.1, -0.05) is 12.1 Å². The molecule has 1 heterocycles. The van der Waals surface area contributed by atoms with E-state index in [0.717, 1.165) is 17.7 Å². The highest BCUT2D eigenvalue weighted by atomic mass is 19.4. The number of Topliss-reactive ketones (excluding diaryl/α,β-unsaturated/α-hetero) is 1. The predicted octanol–water partition coefficient (Wildman–Crippen LogP) is 3.55. The summed E-state index contributed by atoms with van der Waals surface area (Å²) in [5.41, 5.74) is 0.570. The number of alkyl halides is 3. The van der Waals surface area contributed by atoms with E-state index in [1.54, 1.807) is 18.2 Å². The van der Waals surface area contributed by atoms with E-state index in [9.17, 15) is 18.0 Å². The second kappa shape index (κ2) is 8.84. The van der Waals surface area contributed by atoms with Crippen LogP contribution in [-0.4, -0.2) is 51.1 Å². The first-order valence-electron chi connectivity index (χ1n) is 9.23. The summed E-state index contributed by atoms with van der Waals surface area (Å²) in [6.45, 7) is 1.44. The number of hydrogen-bond acceptors (Lipinski definition) is 5. The molecule has 5 nitrogen and oxygen atoms in total. The number of nitrogens with one attached hydrogen (secondary N) is 1. The Morgan fingerprint density at radius 3 is 2.34 bits per heavy atom. The van der Waals surface area contributed by atoms with Crippen LogP contribution in [0, 0.1) is 0 Å². The number of likely N-dealkylation sites (N-methyl/N-ethyl adjacent to an activating group) is 1. The summed E-state index contributed by atoms with van der Waals surface area (Å²) in [6, 6.07) is 9.99. The van der Waals surface area contributed by atoms with Crippen LogP contribution in [0.1, 0.15) is 27.5 Å². The molecule has 8 heteroatoms. The molecule has 2 aromatic carbocycles. The van der Waals surface area contributed by atoms with Gasteiger partial charge in [-0.2, -0.15) is 13.2 Å². The Bertz CT molecular complexity index is 851. The zero-order valence-electron chi connectivity index (χ0n) is 16.3. The Kier molecular flexibility index (Phi) is 6.44. The molecule has 0 aliphatic carbocycles. The fraction of sp³-hybridized carbons (Fsp3) is 0.381. The number of ether oxygens (including phenoxy) is 2. The number of nitrogens with zero attached hydrogens (tertiary/aromatic N) is 1. The molecule has 156 valence electrons. The maximum absolute atomic E-state index is 12.8. The van der Waals surface area contributed by atoms with E-state index in [1.165, 1.54) is 12.1 Å². The Labute approximate surface area is 167 Å². The van der Waals surface area contributed by atoms with Crippen LogP contribution in [0.2, 0.25) is 0 Å². The van der Waals surface area contributed by atoms with E-state index in [-0.39, 0.29) is 18.4 Å². The normalized spacial score (nSPS) is 14.7. The fourth-order valence-electron chi connectivity index (χ4n) is 3.13. The topological polar surface area (TPSA) is 50.8 Å². The van der Waals surface area contributed by atoms with Gasteiger partial charge >= 0.3 is 6.18 Å². The van der Waals surface area contributed by atoms with Crippen molar-refractivity contribution in [2.75, 3.05) is 40.4 Å². The number of carbonyl (C=O) groups excluding carboxylic acids is 1. The molecule has 0 saturated carbocycles. The molecule has 1 atom stereocenters. The van der Waals surface area contributed by atoms with Gasteiger partial charge in [-0.05, 0) is 50.0 Å². The van der Waals surface area contributed by atoms with Crippen molar-refractivity contribution in [3.8, 4) is 11.5 Å². The van der Waals surface area contributed by atoms with Crippen molar-refractivity contribution < 1.29 is 27.4 Å². The summed E-state index contributed by atoms with van der Waals surface area (Å²) < 4.78 is 49.2. The summed E-state index contributed by atoms with van der Waals surface area (Å²) in [7, 11) is 3.68. The van der Waals surface area contributed by atoms with E-state index < -0.39 is 11.7 Å². The lowest BCUT2D eigenvalue weighted by Gasteiger charge is -2.25. The van der Waals surface area contributed by atoms with E-state index in [0.29, 0.717) is 36.8 Å². The Hall–Kier alpha value is -2.58. The first kappa shape index (κ1) is 21.1. The highest BCUT2D eigenvalue weighted by Crippen LogP contribution is 2.31. The molecule has 3 rings (SSSR count). The zero-order valence-corrected chi connectivity index (χ0v) is 16.3. The van der Waals surface area contributed by atoms with Gasteiger partial charge in [0.2, 0.25) is 0 Å². The molecule has 0 spiro atoms. The molecule has 0 amide bonds. The minimum atomic E-state index is -4.36. The summed E-state index contributed by atoms with van der Waals surface area (Å²) in [5, 5.41) is 3.10. The average molecular weight is 408 g/mol. The summed E-state index contributed by atoms with van der Waals surface area (Å²) in [4.78, 5) is 14.4. The standard InChI is InChI=1S/C21H23F3N2O3/c1-26(2)17(14-3-6-16(7-4-14)21(22,23)24)12-25-13-18(27)15-5-8-19-20(11-15)29-10-9-28-19/h3-8,11,17,25H,9-10,12-13H2,1-2H3. The van der Waals surface area contributed by atoms with Crippen LogP contribution >= 0.6 is 0 Å². The van der Waals surface area contributed by atoms with Gasteiger partial charge in [0.15, 0.2) is 17.3 Å². The van der Waals surface area contributed by atoms with Crippen molar-refractivity contribution in [1.29, 1.82) is 0 Å². The van der Waals surface area contributed by atoms with Crippen LogP contribution in [0.3, 0.4) is 0 Å². The van der Waals surface area contributed by atoms with E-state index in [2.05, 4.69) is 5.32 Å². The Balaban J connectivity index is 1.60. The summed E-state index contributed by atoms with van der Waals surface area (Å²) in [5.74, 6) is 1.07. The van der Waals surface area contributed by atoms with Crippen LogP contribution in [0.25, 0.3) is 0 Å². The van der Waals surface area contributed by atoms with Gasteiger partial charge in [0.1, 0.15) is 13.2 Å². The maximum Gasteiger partial charge on any atom is 0.416 e. The fourth-order valence-corrected chi connectivity index (χ4v) is 3.13. The molecular formula is C21H23F3N2O3. The second-order valence-electron chi connectivity index (χ2n) is 7.01. The number of rotatable bonds is 7. The third kappa shape index (κ3) is 5.27. The molecule has 0 fully saturated rings. The van der Waals surface area contributed by atoms with Crippen molar-refractivity contribution in [3.05, 3.63) is 59.2 Å². The number of carbonyl (C=O) groups is 1. The quantitative estimate of drug-likeness (QED) is 0.710. The van der Waals surface area contributed by atoms with Crippen LogP contribution < -0.4 is 14.8 Å². The first-order valence-corrected chi connectivity index (χ1v) is 9.23. The number of benzene rings is 2. The second-order valence-corrected chi connectivity index (χ2v) is 7.01. The van der Waals surface area contributed by atoms with Crippen LogP contribution in [-0.2, 0) is 6.18 Å². The molecule has 0 saturated heterocycles. The van der Waals surface area contributed by atoms with Gasteiger partial charge in [0.05, 0.1) is 12.1 Å². The highest BCUT2D eigenvalue weighted by molar-refractivity contribution is 5.98. The van der Waals surface area contributed by atoms with Gasteiger partial charge in [-0.3, -0.25) is 4.79 Å². The van der Waals surface area contributed by atoms with Gasteiger partial charge in [0.25, 0.3) is 0 Å². The lowest BCUT2D eigenvalue weighted by molar-refractivity contribution is -0.137. The Morgan fingerprint density at radius 1 is 1.07 bits per heavy atom. The van der Waals surface area contributed by atoms with Gasteiger partial charge in [-0.25, -0.2) is 0 Å². The number of ketones is 1. The third-order valence-electron chi connectivity index (χ3n) is 4.73. The molecule has 0 radical (unpaired) electrons. The minimum absolute atomic E-state index is 0.102. The van der Waals surface area contributed by atoms with Crippen molar-refractivity contribution in [2.24, 2.45) is 0 Å². The van der Waals surface area contributed by atoms with E-state index in [4.69, 9.17) is 9.47 Å². The van der Waals surface area contributed by atoms with E-state index in [1.807, 2.05) is 19.0 Å². The highest BCUT2D eigenvalue weighted by Gasteiger charge is 2.30. The average Bonchev–Trinajstić information content (AvgIpc) is 2.70. The lowest BCUT2D eigenvalue weighted by atomic mass is 10.0. The lowest BCUT2D eigenvalue weighted by Crippen LogP contribution is -2.34. The molecule has 1 aliphatic rings. The van der Waals surface area contributed by atoms with Gasteiger partial charge < -0.3 is 19.7 Å². The first-order chi connectivity index (χ1) is 13.8. The molecule has 1 N–H and O–H groups in total. The number of hydrogen-bond donors (Lipinski definition) is 1. The number of fused-ring (bicyclic) bond motifs is 1. The molecule has 2 aromatic rings. The SMILES string of the molecule is CN(C)C(CNCC(=O)c1ccc2c(c1)OCCO2)c1ccc(C(F)(F)F)cc1. The third-order valence-corrected chi connectivity index (χ3v) is 4.73. The van der Waals surface area contributed by atoms with E-state index >= 15 is 0 Å².